The number of carbonyl (C=O) groups excluding carboxylic acids is 2. The van der Waals surface area contributed by atoms with E-state index in [4.69, 9.17) is 16.0 Å². The number of aromatic nitrogens is 2. The van der Waals surface area contributed by atoms with Gasteiger partial charge < -0.3 is 9.32 Å². The highest BCUT2D eigenvalue weighted by Gasteiger charge is 2.35. The Morgan fingerprint density at radius 3 is 2.85 bits per heavy atom. The molecule has 1 aromatic carbocycles. The van der Waals surface area contributed by atoms with Crippen LogP contribution in [0.2, 0.25) is 5.02 Å². The number of rotatable bonds is 5. The van der Waals surface area contributed by atoms with E-state index in [0.29, 0.717) is 17.5 Å². The number of hydrogen-bond donors (Lipinski definition) is 1. The Hall–Kier alpha value is -2.71. The maximum Gasteiger partial charge on any atom is 0.322 e. The third kappa shape index (κ3) is 4.01. The summed E-state index contributed by atoms with van der Waals surface area (Å²) in [5, 5.41) is 13.0. The van der Waals surface area contributed by atoms with Crippen LogP contribution < -0.4 is 10.2 Å². The number of nitrogens with one attached hydrogen (secondary N) is 1. The number of nitrogens with zero attached hydrogens (tertiary/aromatic N) is 3. The third-order valence-electron chi connectivity index (χ3n) is 4.21. The molecule has 0 unspecified atom stereocenters. The predicted molar refractivity (Wildman–Crippen MR) is 102 cm³/mol. The fourth-order valence-corrected chi connectivity index (χ4v) is 3.76. The van der Waals surface area contributed by atoms with Gasteiger partial charge in [0.15, 0.2) is 0 Å². The Kier molecular flexibility index (Phi) is 4.91. The van der Waals surface area contributed by atoms with Crippen LogP contribution in [0.4, 0.5) is 11.7 Å². The number of amides is 2. The van der Waals surface area contributed by atoms with Gasteiger partial charge in [-0.1, -0.05) is 22.8 Å². The Bertz CT molecular complexity index is 955. The molecule has 4 rings (SSSR count). The second kappa shape index (κ2) is 7.50. The third-order valence-corrected chi connectivity index (χ3v) is 5.34. The molecule has 0 radical (unpaired) electrons. The summed E-state index contributed by atoms with van der Waals surface area (Å²) in [5.41, 5.74) is 0.774. The maximum atomic E-state index is 12.3. The summed E-state index contributed by atoms with van der Waals surface area (Å²) in [7, 11) is 0. The normalized spacial score (nSPS) is 16.7. The van der Waals surface area contributed by atoms with E-state index in [1.54, 1.807) is 29.2 Å². The molecule has 2 amide bonds. The van der Waals surface area contributed by atoms with E-state index in [-0.39, 0.29) is 36.6 Å². The van der Waals surface area contributed by atoms with Crippen molar-refractivity contribution in [1.29, 1.82) is 0 Å². The molecule has 3 heterocycles. The zero-order chi connectivity index (χ0) is 18.8. The Morgan fingerprint density at radius 1 is 1.30 bits per heavy atom. The largest absolute Gasteiger partial charge is 0.407 e. The van der Waals surface area contributed by atoms with E-state index >= 15 is 0 Å². The van der Waals surface area contributed by atoms with Gasteiger partial charge in [0.25, 0.3) is 0 Å². The molecular weight excluding hydrogens is 388 g/mol. The number of anilines is 2. The van der Waals surface area contributed by atoms with Gasteiger partial charge in [0, 0.05) is 28.6 Å². The first-order valence-electron chi connectivity index (χ1n) is 8.30. The molecule has 1 aliphatic rings. The van der Waals surface area contributed by atoms with Crippen LogP contribution in [0.5, 0.6) is 0 Å². The quantitative estimate of drug-likeness (QED) is 0.705. The zero-order valence-corrected chi connectivity index (χ0v) is 15.7. The second-order valence-corrected chi connectivity index (χ2v) is 7.60. The standard InChI is InChI=1S/C18H15ClN4O3S/c19-12-3-5-13(6-4-12)23-10-11(8-16(23)25)17-21-22-18(26-17)20-15(24)9-14-2-1-7-27-14/h1-7,11H,8-10H2,(H,20,22,24)/t11-/m1/s1. The Morgan fingerprint density at radius 2 is 2.11 bits per heavy atom. The highest BCUT2D eigenvalue weighted by molar-refractivity contribution is 7.10. The van der Waals surface area contributed by atoms with Crippen molar-refractivity contribution in [2.75, 3.05) is 16.8 Å². The lowest BCUT2D eigenvalue weighted by atomic mass is 10.1. The number of carbonyl (C=O) groups is 2. The molecule has 1 atom stereocenters. The smallest absolute Gasteiger partial charge is 0.322 e. The lowest BCUT2D eigenvalue weighted by Crippen LogP contribution is -2.24. The van der Waals surface area contributed by atoms with E-state index in [1.807, 2.05) is 17.5 Å². The van der Waals surface area contributed by atoms with Gasteiger partial charge in [-0.3, -0.25) is 14.9 Å². The lowest BCUT2D eigenvalue weighted by molar-refractivity contribution is -0.117. The molecule has 3 aromatic rings. The van der Waals surface area contributed by atoms with Crippen LogP contribution in [-0.2, 0) is 16.0 Å². The first kappa shape index (κ1) is 17.7. The lowest BCUT2D eigenvalue weighted by Gasteiger charge is -2.15. The van der Waals surface area contributed by atoms with Crippen LogP contribution in [0.15, 0.2) is 46.2 Å². The molecule has 7 nitrogen and oxygen atoms in total. The molecule has 9 heteroatoms. The minimum Gasteiger partial charge on any atom is -0.407 e. The minimum atomic E-state index is -0.224. The van der Waals surface area contributed by atoms with Crippen LogP contribution in [0.25, 0.3) is 0 Å². The highest BCUT2D eigenvalue weighted by Crippen LogP contribution is 2.32. The van der Waals surface area contributed by atoms with Gasteiger partial charge in [0.1, 0.15) is 0 Å². The van der Waals surface area contributed by atoms with E-state index in [0.717, 1.165) is 10.6 Å². The molecule has 1 fully saturated rings. The van der Waals surface area contributed by atoms with Crippen molar-refractivity contribution >= 4 is 46.5 Å². The van der Waals surface area contributed by atoms with Gasteiger partial charge in [0.2, 0.25) is 17.7 Å². The second-order valence-electron chi connectivity index (χ2n) is 6.13. The topological polar surface area (TPSA) is 88.3 Å². The van der Waals surface area contributed by atoms with Gasteiger partial charge in [0.05, 0.1) is 12.3 Å². The Balaban J connectivity index is 1.40. The minimum absolute atomic E-state index is 0.0243. The molecule has 2 aromatic heterocycles. The van der Waals surface area contributed by atoms with Gasteiger partial charge in [-0.2, -0.15) is 0 Å². The fourth-order valence-electron chi connectivity index (χ4n) is 2.93. The van der Waals surface area contributed by atoms with Crippen LogP contribution in [-0.4, -0.2) is 28.6 Å². The molecule has 138 valence electrons. The van der Waals surface area contributed by atoms with Gasteiger partial charge in [-0.15, -0.1) is 16.4 Å². The molecule has 0 spiro atoms. The van der Waals surface area contributed by atoms with E-state index in [9.17, 15) is 9.59 Å². The molecule has 1 saturated heterocycles. The number of halogens is 1. The van der Waals surface area contributed by atoms with Crippen molar-refractivity contribution in [1.82, 2.24) is 10.2 Å². The van der Waals surface area contributed by atoms with Crippen LogP contribution in [0.3, 0.4) is 0 Å². The van der Waals surface area contributed by atoms with Crippen LogP contribution >= 0.6 is 22.9 Å². The molecule has 0 aliphatic carbocycles. The van der Waals surface area contributed by atoms with Crippen LogP contribution in [0, 0.1) is 0 Å². The molecule has 0 saturated carbocycles. The molecule has 1 aliphatic heterocycles. The van der Waals surface area contributed by atoms with E-state index in [1.165, 1.54) is 11.3 Å². The maximum absolute atomic E-state index is 12.3. The molecule has 27 heavy (non-hydrogen) atoms. The summed E-state index contributed by atoms with van der Waals surface area (Å²) in [6.07, 6.45) is 0.523. The van der Waals surface area contributed by atoms with Crippen molar-refractivity contribution in [2.45, 2.75) is 18.8 Å². The van der Waals surface area contributed by atoms with E-state index in [2.05, 4.69) is 15.5 Å². The summed E-state index contributed by atoms with van der Waals surface area (Å²) in [6, 6.07) is 10.9. The van der Waals surface area contributed by atoms with E-state index < -0.39 is 0 Å². The zero-order valence-electron chi connectivity index (χ0n) is 14.1. The summed E-state index contributed by atoms with van der Waals surface area (Å²) in [4.78, 5) is 27.0. The molecular formula is C18H15ClN4O3S. The van der Waals surface area contributed by atoms with Crippen molar-refractivity contribution in [3.63, 3.8) is 0 Å². The Labute approximate surface area is 164 Å². The van der Waals surface area contributed by atoms with Crippen molar-refractivity contribution < 1.29 is 14.0 Å². The number of thiophene rings is 1. The van der Waals surface area contributed by atoms with Gasteiger partial charge >= 0.3 is 6.01 Å². The summed E-state index contributed by atoms with van der Waals surface area (Å²) in [6.45, 7) is 0.436. The predicted octanol–water partition coefficient (Wildman–Crippen LogP) is 3.49. The van der Waals surface area contributed by atoms with Crippen molar-refractivity contribution in [2.24, 2.45) is 0 Å². The van der Waals surface area contributed by atoms with Crippen molar-refractivity contribution in [3.8, 4) is 0 Å². The van der Waals surface area contributed by atoms with Gasteiger partial charge in [-0.05, 0) is 35.7 Å². The first-order chi connectivity index (χ1) is 13.1. The average Bonchev–Trinajstić information content (AvgIpc) is 3.37. The van der Waals surface area contributed by atoms with Crippen LogP contribution in [0.1, 0.15) is 23.1 Å². The van der Waals surface area contributed by atoms with Gasteiger partial charge in [-0.25, -0.2) is 0 Å². The molecule has 1 N–H and O–H groups in total. The average molecular weight is 403 g/mol. The first-order valence-corrected chi connectivity index (χ1v) is 9.56. The fraction of sp³-hybridized carbons (Fsp3) is 0.222. The van der Waals surface area contributed by atoms with Crippen molar-refractivity contribution in [3.05, 3.63) is 57.6 Å². The SMILES string of the molecule is O=C(Cc1cccs1)Nc1nnc([C@@H]2CC(=O)N(c3ccc(Cl)cc3)C2)o1. The monoisotopic (exact) mass is 402 g/mol. The summed E-state index contributed by atoms with van der Waals surface area (Å²) >= 11 is 7.41. The number of benzene rings is 1. The summed E-state index contributed by atoms with van der Waals surface area (Å²) in [5.74, 6) is -0.128. The summed E-state index contributed by atoms with van der Waals surface area (Å²) < 4.78 is 5.56. The number of hydrogen-bond acceptors (Lipinski definition) is 6. The molecule has 0 bridgehead atoms. The highest BCUT2D eigenvalue weighted by atomic mass is 35.5.